The van der Waals surface area contributed by atoms with E-state index in [9.17, 15) is 0 Å². The second-order valence-corrected chi connectivity index (χ2v) is 4.55. The number of aryl methyl sites for hydroxylation is 1. The minimum absolute atomic E-state index is 0.110. The highest BCUT2D eigenvalue weighted by molar-refractivity contribution is 5.39. The summed E-state index contributed by atoms with van der Waals surface area (Å²) in [6.45, 7) is 2.06. The van der Waals surface area contributed by atoms with Crippen LogP contribution in [-0.4, -0.2) is 7.11 Å². The molecule has 2 N–H and O–H groups in total. The molecule has 15 heavy (non-hydrogen) atoms. The summed E-state index contributed by atoms with van der Waals surface area (Å²) < 4.78 is 5.33. The van der Waals surface area contributed by atoms with E-state index < -0.39 is 0 Å². The van der Waals surface area contributed by atoms with E-state index in [-0.39, 0.29) is 5.54 Å². The molecule has 0 heterocycles. The molecule has 2 nitrogen and oxygen atoms in total. The predicted octanol–water partition coefficient (Wildman–Crippen LogP) is 2.73. The van der Waals surface area contributed by atoms with Crippen LogP contribution in [0.3, 0.4) is 0 Å². The fourth-order valence-corrected chi connectivity index (χ4v) is 2.42. The summed E-state index contributed by atoms with van der Waals surface area (Å²) in [7, 11) is 1.71. The lowest BCUT2D eigenvalue weighted by Crippen LogP contribution is -2.33. The minimum Gasteiger partial charge on any atom is -0.496 e. The molecular weight excluding hydrogens is 186 g/mol. The van der Waals surface area contributed by atoms with Gasteiger partial charge in [-0.25, -0.2) is 0 Å². The van der Waals surface area contributed by atoms with Crippen molar-refractivity contribution in [1.29, 1.82) is 0 Å². The zero-order chi connectivity index (χ0) is 10.9. The van der Waals surface area contributed by atoms with E-state index in [1.165, 1.54) is 24.0 Å². The van der Waals surface area contributed by atoms with Gasteiger partial charge in [0.2, 0.25) is 0 Å². The highest BCUT2D eigenvalue weighted by atomic mass is 16.5. The van der Waals surface area contributed by atoms with E-state index in [0.717, 1.165) is 18.6 Å². The van der Waals surface area contributed by atoms with Crippen molar-refractivity contribution in [3.63, 3.8) is 0 Å². The fourth-order valence-electron chi connectivity index (χ4n) is 2.42. The zero-order valence-electron chi connectivity index (χ0n) is 9.55. The zero-order valence-corrected chi connectivity index (χ0v) is 9.55. The van der Waals surface area contributed by atoms with Gasteiger partial charge in [0.1, 0.15) is 5.75 Å². The first kappa shape index (κ1) is 10.5. The summed E-state index contributed by atoms with van der Waals surface area (Å²) in [5.41, 5.74) is 8.68. The van der Waals surface area contributed by atoms with Crippen LogP contribution in [0.1, 0.15) is 36.8 Å². The van der Waals surface area contributed by atoms with Gasteiger partial charge in [-0.15, -0.1) is 0 Å². The summed E-state index contributed by atoms with van der Waals surface area (Å²) in [5, 5.41) is 0. The van der Waals surface area contributed by atoms with Crippen LogP contribution < -0.4 is 10.5 Å². The minimum atomic E-state index is -0.110. The lowest BCUT2D eigenvalue weighted by Gasteiger charge is -2.25. The number of nitrogens with two attached hydrogens (primary N) is 1. The standard InChI is InChI=1S/C13H19NO/c1-10-5-6-11(9-12(10)15-2)13(14)7-3-4-8-13/h5-6,9H,3-4,7-8,14H2,1-2H3. The Kier molecular flexibility index (Phi) is 2.70. The smallest absolute Gasteiger partial charge is 0.122 e. The molecule has 1 aliphatic carbocycles. The van der Waals surface area contributed by atoms with E-state index in [0.29, 0.717) is 0 Å². The number of hydrogen-bond acceptors (Lipinski definition) is 2. The van der Waals surface area contributed by atoms with E-state index in [2.05, 4.69) is 25.1 Å². The third-order valence-corrected chi connectivity index (χ3v) is 3.48. The topological polar surface area (TPSA) is 35.2 Å². The molecule has 82 valence electrons. The average Bonchev–Trinajstić information content (AvgIpc) is 2.67. The molecule has 0 amide bonds. The largest absolute Gasteiger partial charge is 0.496 e. The van der Waals surface area contributed by atoms with Gasteiger partial charge < -0.3 is 10.5 Å². The van der Waals surface area contributed by atoms with Crippen molar-refractivity contribution >= 4 is 0 Å². The first-order valence-corrected chi connectivity index (χ1v) is 5.60. The Morgan fingerprint density at radius 3 is 2.53 bits per heavy atom. The summed E-state index contributed by atoms with van der Waals surface area (Å²) in [6.07, 6.45) is 4.68. The third-order valence-electron chi connectivity index (χ3n) is 3.48. The Bertz CT molecular complexity index is 354. The molecule has 0 atom stereocenters. The van der Waals surface area contributed by atoms with Crippen LogP contribution in [0.25, 0.3) is 0 Å². The molecular formula is C13H19NO. The van der Waals surface area contributed by atoms with Crippen molar-refractivity contribution < 1.29 is 4.74 Å². The Morgan fingerprint density at radius 1 is 1.27 bits per heavy atom. The van der Waals surface area contributed by atoms with Gasteiger partial charge in [0, 0.05) is 5.54 Å². The number of rotatable bonds is 2. The molecule has 2 heteroatoms. The van der Waals surface area contributed by atoms with Crippen LogP contribution in [0.5, 0.6) is 5.75 Å². The molecule has 0 saturated heterocycles. The van der Waals surface area contributed by atoms with Crippen molar-refractivity contribution in [2.45, 2.75) is 38.1 Å². The second kappa shape index (κ2) is 3.86. The van der Waals surface area contributed by atoms with Crippen LogP contribution in [0.2, 0.25) is 0 Å². The number of hydrogen-bond donors (Lipinski definition) is 1. The molecule has 0 aromatic heterocycles. The fraction of sp³-hybridized carbons (Fsp3) is 0.538. The maximum absolute atomic E-state index is 6.40. The Hall–Kier alpha value is -1.02. The molecule has 1 aromatic carbocycles. The second-order valence-electron chi connectivity index (χ2n) is 4.55. The number of ether oxygens (including phenoxy) is 1. The quantitative estimate of drug-likeness (QED) is 0.805. The lowest BCUT2D eigenvalue weighted by atomic mass is 9.89. The molecule has 1 aliphatic rings. The SMILES string of the molecule is COc1cc(C2(N)CCCC2)ccc1C. The first-order valence-electron chi connectivity index (χ1n) is 5.60. The molecule has 1 fully saturated rings. The van der Waals surface area contributed by atoms with Gasteiger partial charge in [0.15, 0.2) is 0 Å². The highest BCUT2D eigenvalue weighted by Crippen LogP contribution is 2.37. The van der Waals surface area contributed by atoms with Gasteiger partial charge in [-0.05, 0) is 37.0 Å². The molecule has 2 rings (SSSR count). The van der Waals surface area contributed by atoms with Gasteiger partial charge in [-0.2, -0.15) is 0 Å². The van der Waals surface area contributed by atoms with Crippen molar-refractivity contribution in [2.24, 2.45) is 5.73 Å². The van der Waals surface area contributed by atoms with Crippen molar-refractivity contribution in [3.05, 3.63) is 29.3 Å². The molecule has 1 saturated carbocycles. The molecule has 0 aliphatic heterocycles. The average molecular weight is 205 g/mol. The van der Waals surface area contributed by atoms with Gasteiger partial charge >= 0.3 is 0 Å². The Morgan fingerprint density at radius 2 is 1.93 bits per heavy atom. The normalized spacial score (nSPS) is 19.1. The van der Waals surface area contributed by atoms with Crippen molar-refractivity contribution in [2.75, 3.05) is 7.11 Å². The number of methoxy groups -OCH3 is 1. The van der Waals surface area contributed by atoms with Gasteiger partial charge in [-0.3, -0.25) is 0 Å². The van der Waals surface area contributed by atoms with Crippen LogP contribution in [0.4, 0.5) is 0 Å². The lowest BCUT2D eigenvalue weighted by molar-refractivity contribution is 0.405. The van der Waals surface area contributed by atoms with E-state index in [1.54, 1.807) is 7.11 Å². The molecule has 1 aromatic rings. The Labute approximate surface area is 91.4 Å². The van der Waals surface area contributed by atoms with E-state index >= 15 is 0 Å². The van der Waals surface area contributed by atoms with Gasteiger partial charge in [0.05, 0.1) is 7.11 Å². The molecule has 0 bridgehead atoms. The molecule has 0 spiro atoms. The van der Waals surface area contributed by atoms with E-state index in [4.69, 9.17) is 10.5 Å². The highest BCUT2D eigenvalue weighted by Gasteiger charge is 2.31. The summed E-state index contributed by atoms with van der Waals surface area (Å²) in [4.78, 5) is 0. The van der Waals surface area contributed by atoms with Crippen LogP contribution >= 0.6 is 0 Å². The van der Waals surface area contributed by atoms with Crippen LogP contribution in [-0.2, 0) is 5.54 Å². The summed E-state index contributed by atoms with van der Waals surface area (Å²) in [6, 6.07) is 6.34. The molecule has 0 radical (unpaired) electrons. The maximum atomic E-state index is 6.40. The van der Waals surface area contributed by atoms with Crippen LogP contribution in [0, 0.1) is 6.92 Å². The third kappa shape index (κ3) is 1.86. The predicted molar refractivity (Wildman–Crippen MR) is 62.1 cm³/mol. The van der Waals surface area contributed by atoms with Crippen molar-refractivity contribution in [3.8, 4) is 5.75 Å². The molecule has 0 unspecified atom stereocenters. The van der Waals surface area contributed by atoms with Crippen molar-refractivity contribution in [1.82, 2.24) is 0 Å². The maximum Gasteiger partial charge on any atom is 0.122 e. The van der Waals surface area contributed by atoms with E-state index in [1.807, 2.05) is 0 Å². The van der Waals surface area contributed by atoms with Crippen LogP contribution in [0.15, 0.2) is 18.2 Å². The van der Waals surface area contributed by atoms with Gasteiger partial charge in [0.25, 0.3) is 0 Å². The monoisotopic (exact) mass is 205 g/mol. The van der Waals surface area contributed by atoms with Gasteiger partial charge in [-0.1, -0.05) is 25.0 Å². The number of benzene rings is 1. The summed E-state index contributed by atoms with van der Waals surface area (Å²) >= 11 is 0. The Balaban J connectivity index is 2.36. The first-order chi connectivity index (χ1) is 7.15. The summed E-state index contributed by atoms with van der Waals surface area (Å²) in [5.74, 6) is 0.948.